The largest absolute Gasteiger partial charge is 0.289 e. The topological polar surface area (TPSA) is 17.3 Å². The van der Waals surface area contributed by atoms with E-state index in [9.17, 15) is 4.39 Å². The summed E-state index contributed by atoms with van der Waals surface area (Å²) in [6.45, 7) is 0. The van der Waals surface area contributed by atoms with Gasteiger partial charge < -0.3 is 0 Å². The van der Waals surface area contributed by atoms with Crippen LogP contribution in [0.2, 0.25) is 0 Å². The minimum absolute atomic E-state index is 0.229. The molecule has 5 rings (SSSR count). The van der Waals surface area contributed by atoms with Crippen molar-refractivity contribution in [3.05, 3.63) is 96.9 Å². The van der Waals surface area contributed by atoms with E-state index in [0.29, 0.717) is 0 Å². The lowest BCUT2D eigenvalue weighted by Gasteiger charge is -2.05. The monoisotopic (exact) mass is 370 g/mol. The van der Waals surface area contributed by atoms with Gasteiger partial charge in [0.15, 0.2) is 4.96 Å². The van der Waals surface area contributed by atoms with Crippen LogP contribution < -0.4 is 0 Å². The highest BCUT2D eigenvalue weighted by atomic mass is 32.1. The average Bonchev–Trinajstić information content (AvgIpc) is 3.28. The highest BCUT2D eigenvalue weighted by Crippen LogP contribution is 2.40. The second-order valence-corrected chi connectivity index (χ2v) is 7.27. The van der Waals surface area contributed by atoms with Crippen LogP contribution in [-0.2, 0) is 0 Å². The quantitative estimate of drug-likeness (QED) is 0.353. The molecule has 130 valence electrons. The summed E-state index contributed by atoms with van der Waals surface area (Å²) in [7, 11) is 0. The number of hydrogen-bond acceptors (Lipinski definition) is 2. The van der Waals surface area contributed by atoms with Gasteiger partial charge in [0, 0.05) is 17.3 Å². The minimum Gasteiger partial charge on any atom is -0.289 e. The number of hydrogen-bond donors (Lipinski definition) is 0. The van der Waals surface area contributed by atoms with Gasteiger partial charge >= 0.3 is 0 Å². The molecule has 2 aromatic heterocycles. The molecule has 3 aromatic carbocycles. The second kappa shape index (κ2) is 6.49. The van der Waals surface area contributed by atoms with E-state index in [1.807, 2.05) is 48.5 Å². The van der Waals surface area contributed by atoms with E-state index in [2.05, 4.69) is 34.9 Å². The van der Waals surface area contributed by atoms with Gasteiger partial charge in [-0.25, -0.2) is 9.37 Å². The fraction of sp³-hybridized carbons (Fsp3) is 0. The Morgan fingerprint density at radius 1 is 0.704 bits per heavy atom. The molecule has 0 amide bonds. The highest BCUT2D eigenvalue weighted by Gasteiger charge is 2.18. The zero-order valence-corrected chi connectivity index (χ0v) is 15.2. The Labute approximate surface area is 160 Å². The molecular formula is C23H15FN2S. The summed E-state index contributed by atoms with van der Waals surface area (Å²) in [5.74, 6) is -0.229. The summed E-state index contributed by atoms with van der Waals surface area (Å²) in [5.41, 5.74) is 5.23. The number of aromatic nitrogens is 2. The Morgan fingerprint density at radius 3 is 2.00 bits per heavy atom. The highest BCUT2D eigenvalue weighted by molar-refractivity contribution is 7.20. The lowest BCUT2D eigenvalue weighted by molar-refractivity contribution is 0.628. The Hall–Kier alpha value is -3.24. The van der Waals surface area contributed by atoms with E-state index in [4.69, 9.17) is 4.98 Å². The maximum atomic E-state index is 13.4. The first kappa shape index (κ1) is 16.0. The zero-order chi connectivity index (χ0) is 18.2. The lowest BCUT2D eigenvalue weighted by Crippen LogP contribution is -1.87. The summed E-state index contributed by atoms with van der Waals surface area (Å²) in [6.07, 6.45) is 2.08. The number of nitrogens with zero attached hydrogens (tertiary/aromatic N) is 2. The number of thiazole rings is 1. The molecule has 0 bridgehead atoms. The molecule has 0 aliphatic carbocycles. The van der Waals surface area contributed by atoms with Gasteiger partial charge in [0.2, 0.25) is 0 Å². The Kier molecular flexibility index (Phi) is 3.84. The smallest absolute Gasteiger partial charge is 0.195 e. The molecule has 27 heavy (non-hydrogen) atoms. The molecule has 5 aromatic rings. The molecular weight excluding hydrogens is 355 g/mol. The van der Waals surface area contributed by atoms with E-state index < -0.39 is 0 Å². The summed E-state index contributed by atoms with van der Waals surface area (Å²) in [5, 5.41) is 0. The molecule has 0 fully saturated rings. The van der Waals surface area contributed by atoms with Crippen molar-refractivity contribution in [2.45, 2.75) is 0 Å². The summed E-state index contributed by atoms with van der Waals surface area (Å²) >= 11 is 1.62. The summed E-state index contributed by atoms with van der Waals surface area (Å²) in [4.78, 5) is 6.85. The van der Waals surface area contributed by atoms with Crippen LogP contribution in [0.1, 0.15) is 0 Å². The number of rotatable bonds is 3. The standard InChI is InChI=1S/C23H15FN2S/c24-19-13-11-18(12-14-19)22-21(17-9-5-2-6-10-17)26-15-20(25-23(26)27-22)16-7-3-1-4-8-16/h1-15H. The SMILES string of the molecule is Fc1ccc(-c2sc3nc(-c4ccccc4)cn3c2-c2ccccc2)cc1. The van der Waals surface area contributed by atoms with Gasteiger partial charge in [0.1, 0.15) is 5.82 Å². The molecule has 0 unspecified atom stereocenters. The Bertz CT molecular complexity index is 1210. The van der Waals surface area contributed by atoms with E-state index in [0.717, 1.165) is 37.9 Å². The fourth-order valence-corrected chi connectivity index (χ4v) is 4.39. The first-order valence-corrected chi connectivity index (χ1v) is 9.50. The lowest BCUT2D eigenvalue weighted by atomic mass is 10.1. The third-order valence-corrected chi connectivity index (χ3v) is 5.65. The van der Waals surface area contributed by atoms with Crippen molar-refractivity contribution in [2.24, 2.45) is 0 Å². The van der Waals surface area contributed by atoms with Crippen LogP contribution in [0.5, 0.6) is 0 Å². The van der Waals surface area contributed by atoms with E-state index in [-0.39, 0.29) is 5.82 Å². The van der Waals surface area contributed by atoms with Crippen molar-refractivity contribution in [2.75, 3.05) is 0 Å². The van der Waals surface area contributed by atoms with Gasteiger partial charge in [0.05, 0.1) is 16.3 Å². The average molecular weight is 370 g/mol. The fourth-order valence-electron chi connectivity index (χ4n) is 3.26. The van der Waals surface area contributed by atoms with Crippen molar-refractivity contribution >= 4 is 16.3 Å². The molecule has 0 atom stereocenters. The molecule has 4 heteroatoms. The van der Waals surface area contributed by atoms with Gasteiger partial charge in [-0.3, -0.25) is 4.40 Å². The molecule has 0 saturated heterocycles. The van der Waals surface area contributed by atoms with Gasteiger partial charge in [-0.05, 0) is 17.7 Å². The van der Waals surface area contributed by atoms with Crippen LogP contribution in [0.25, 0.3) is 37.9 Å². The van der Waals surface area contributed by atoms with Gasteiger partial charge in [0.25, 0.3) is 0 Å². The minimum atomic E-state index is -0.229. The maximum Gasteiger partial charge on any atom is 0.195 e. The van der Waals surface area contributed by atoms with Crippen molar-refractivity contribution in [1.82, 2.24) is 9.38 Å². The third-order valence-electron chi connectivity index (χ3n) is 4.55. The van der Waals surface area contributed by atoms with Crippen molar-refractivity contribution in [3.8, 4) is 33.0 Å². The van der Waals surface area contributed by atoms with Gasteiger partial charge in [-0.1, -0.05) is 84.1 Å². The van der Waals surface area contributed by atoms with E-state index >= 15 is 0 Å². The molecule has 0 spiro atoms. The first-order valence-electron chi connectivity index (χ1n) is 8.68. The van der Waals surface area contributed by atoms with Crippen LogP contribution in [0.15, 0.2) is 91.1 Å². The van der Waals surface area contributed by atoms with Crippen molar-refractivity contribution < 1.29 is 4.39 Å². The second-order valence-electron chi connectivity index (χ2n) is 6.30. The van der Waals surface area contributed by atoms with Crippen LogP contribution in [0.3, 0.4) is 0 Å². The van der Waals surface area contributed by atoms with Gasteiger partial charge in [-0.15, -0.1) is 0 Å². The van der Waals surface area contributed by atoms with Crippen molar-refractivity contribution in [3.63, 3.8) is 0 Å². The molecule has 2 heterocycles. The molecule has 0 radical (unpaired) electrons. The third kappa shape index (κ3) is 2.84. The number of fused-ring (bicyclic) bond motifs is 1. The first-order chi connectivity index (χ1) is 13.3. The Morgan fingerprint density at radius 2 is 1.33 bits per heavy atom. The molecule has 0 N–H and O–H groups in total. The van der Waals surface area contributed by atoms with Gasteiger partial charge in [-0.2, -0.15) is 0 Å². The van der Waals surface area contributed by atoms with Crippen LogP contribution in [0, 0.1) is 5.82 Å². The predicted octanol–water partition coefficient (Wildman–Crippen LogP) is 6.54. The van der Waals surface area contributed by atoms with Crippen LogP contribution >= 0.6 is 11.3 Å². The van der Waals surface area contributed by atoms with Crippen molar-refractivity contribution in [1.29, 1.82) is 0 Å². The Balaban J connectivity index is 1.75. The molecule has 0 aliphatic rings. The van der Waals surface area contributed by atoms with Crippen LogP contribution in [-0.4, -0.2) is 9.38 Å². The predicted molar refractivity (Wildman–Crippen MR) is 109 cm³/mol. The maximum absolute atomic E-state index is 13.4. The van der Waals surface area contributed by atoms with E-state index in [1.165, 1.54) is 12.1 Å². The number of benzene rings is 3. The number of imidazole rings is 1. The molecule has 2 nitrogen and oxygen atoms in total. The normalized spacial score (nSPS) is 11.1. The molecule has 0 saturated carbocycles. The number of halogens is 1. The zero-order valence-electron chi connectivity index (χ0n) is 14.3. The van der Waals surface area contributed by atoms with E-state index in [1.54, 1.807) is 11.3 Å². The summed E-state index contributed by atoms with van der Waals surface area (Å²) in [6, 6.07) is 27.1. The van der Waals surface area contributed by atoms with Crippen LogP contribution in [0.4, 0.5) is 4.39 Å². The summed E-state index contributed by atoms with van der Waals surface area (Å²) < 4.78 is 15.5. The molecule has 0 aliphatic heterocycles.